The molecule has 5 heteroatoms. The van der Waals surface area contributed by atoms with Crippen LogP contribution in [-0.2, 0) is 16.6 Å². The summed E-state index contributed by atoms with van der Waals surface area (Å²) in [6.45, 7) is -0.133. The summed E-state index contributed by atoms with van der Waals surface area (Å²) in [4.78, 5) is 38.4. The molecule has 1 heterocycles. The van der Waals surface area contributed by atoms with Crippen LogP contribution in [0.1, 0.15) is 38.3 Å². The van der Waals surface area contributed by atoms with E-state index in [4.69, 9.17) is 0 Å². The molecule has 2 amide bonds. The quantitative estimate of drug-likeness (QED) is 0.880. The molecule has 0 bridgehead atoms. The van der Waals surface area contributed by atoms with E-state index in [-0.39, 0.29) is 6.54 Å². The molecule has 4 rings (SSSR count). The number of aryl methyl sites for hydroxylation is 1. The molecule has 1 aliphatic heterocycles. The predicted molar refractivity (Wildman–Crippen MR) is 85.9 cm³/mol. The number of hydrogen-bond donors (Lipinski definition) is 1. The Kier molecular flexibility index (Phi) is 3.06. The number of nitrogens with zero attached hydrogens (tertiary/aromatic N) is 1. The Bertz CT molecular complexity index is 853. The van der Waals surface area contributed by atoms with Crippen molar-refractivity contribution in [3.05, 3.63) is 70.8 Å². The van der Waals surface area contributed by atoms with Crippen LogP contribution in [0.15, 0.2) is 48.5 Å². The molecule has 1 aliphatic carbocycles. The fraction of sp³-hybridized carbons (Fsp3) is 0.211. The summed E-state index contributed by atoms with van der Waals surface area (Å²) in [6, 6.07) is 14.0. The van der Waals surface area contributed by atoms with Gasteiger partial charge in [-0.1, -0.05) is 36.4 Å². The van der Waals surface area contributed by atoms with Crippen LogP contribution in [-0.4, -0.2) is 34.3 Å². The van der Waals surface area contributed by atoms with E-state index >= 15 is 0 Å². The molecular weight excluding hydrogens is 306 g/mol. The fourth-order valence-electron chi connectivity index (χ4n) is 3.79. The average Bonchev–Trinajstić information content (AvgIpc) is 3.08. The first kappa shape index (κ1) is 14.6. The molecule has 2 aromatic rings. The van der Waals surface area contributed by atoms with E-state index in [1.54, 1.807) is 36.4 Å². The van der Waals surface area contributed by atoms with Crippen LogP contribution in [0.5, 0.6) is 0 Å². The number of carboxylic acids is 1. The summed E-state index contributed by atoms with van der Waals surface area (Å²) in [5.41, 5.74) is 1.12. The van der Waals surface area contributed by atoms with Gasteiger partial charge in [0.2, 0.25) is 0 Å². The lowest BCUT2D eigenvalue weighted by molar-refractivity contribution is -0.144. The van der Waals surface area contributed by atoms with Gasteiger partial charge in [-0.05, 0) is 36.1 Å². The van der Waals surface area contributed by atoms with Crippen LogP contribution in [0.25, 0.3) is 0 Å². The lowest BCUT2D eigenvalue weighted by Gasteiger charge is -2.29. The number of benzene rings is 2. The number of hydrogen-bond acceptors (Lipinski definition) is 3. The van der Waals surface area contributed by atoms with Crippen LogP contribution in [0.2, 0.25) is 0 Å². The zero-order chi connectivity index (χ0) is 16.9. The van der Waals surface area contributed by atoms with E-state index in [0.29, 0.717) is 29.5 Å². The monoisotopic (exact) mass is 321 g/mol. The van der Waals surface area contributed by atoms with Crippen LogP contribution < -0.4 is 0 Å². The summed E-state index contributed by atoms with van der Waals surface area (Å²) in [6.07, 6.45) is 1.01. The van der Waals surface area contributed by atoms with Crippen molar-refractivity contribution >= 4 is 17.8 Å². The fourth-order valence-corrected chi connectivity index (χ4v) is 3.79. The zero-order valence-corrected chi connectivity index (χ0v) is 12.9. The van der Waals surface area contributed by atoms with Gasteiger partial charge in [0.1, 0.15) is 5.41 Å². The Morgan fingerprint density at radius 2 is 1.58 bits per heavy atom. The largest absolute Gasteiger partial charge is 0.481 e. The smallest absolute Gasteiger partial charge is 0.315 e. The van der Waals surface area contributed by atoms with E-state index in [2.05, 4.69) is 0 Å². The van der Waals surface area contributed by atoms with Crippen molar-refractivity contribution < 1.29 is 19.5 Å². The topological polar surface area (TPSA) is 74.7 Å². The highest BCUT2D eigenvalue weighted by Crippen LogP contribution is 2.41. The first-order valence-corrected chi connectivity index (χ1v) is 7.81. The SMILES string of the molecule is O=C1c2ccccc2C(=O)N1C[C@@]1(C(=O)O)CCc2ccccc21. The molecule has 24 heavy (non-hydrogen) atoms. The molecule has 0 radical (unpaired) electrons. The Balaban J connectivity index is 1.76. The molecule has 0 saturated carbocycles. The number of aliphatic carboxylic acids is 1. The molecule has 0 saturated heterocycles. The molecule has 120 valence electrons. The van der Waals surface area contributed by atoms with Crippen molar-refractivity contribution in [1.82, 2.24) is 4.90 Å². The number of imide groups is 1. The van der Waals surface area contributed by atoms with Gasteiger partial charge in [-0.3, -0.25) is 19.3 Å². The number of amides is 2. The van der Waals surface area contributed by atoms with Crippen LogP contribution in [0, 0.1) is 0 Å². The number of rotatable bonds is 3. The maximum absolute atomic E-state index is 12.6. The van der Waals surface area contributed by atoms with Gasteiger partial charge in [-0.15, -0.1) is 0 Å². The van der Waals surface area contributed by atoms with Gasteiger partial charge in [-0.2, -0.15) is 0 Å². The number of carboxylic acid groups (broad SMARTS) is 1. The molecule has 0 unspecified atom stereocenters. The van der Waals surface area contributed by atoms with Gasteiger partial charge in [-0.25, -0.2) is 0 Å². The Morgan fingerprint density at radius 3 is 2.21 bits per heavy atom. The molecule has 2 aliphatic rings. The Labute approximate surface area is 138 Å². The van der Waals surface area contributed by atoms with Crippen molar-refractivity contribution in [1.29, 1.82) is 0 Å². The van der Waals surface area contributed by atoms with Crippen molar-refractivity contribution in [3.63, 3.8) is 0 Å². The minimum Gasteiger partial charge on any atom is -0.481 e. The third kappa shape index (κ3) is 1.84. The van der Waals surface area contributed by atoms with E-state index in [1.165, 1.54) is 0 Å². The normalized spacial score (nSPS) is 21.8. The van der Waals surface area contributed by atoms with E-state index in [1.807, 2.05) is 12.1 Å². The van der Waals surface area contributed by atoms with Crippen LogP contribution in [0.3, 0.4) is 0 Å². The second-order valence-electron chi connectivity index (χ2n) is 6.29. The summed E-state index contributed by atoms with van der Waals surface area (Å²) in [7, 11) is 0. The molecule has 0 fully saturated rings. The maximum Gasteiger partial charge on any atom is 0.315 e. The summed E-state index contributed by atoms with van der Waals surface area (Å²) < 4.78 is 0. The van der Waals surface area contributed by atoms with Crippen LogP contribution in [0.4, 0.5) is 0 Å². The molecular formula is C19H15NO4. The highest BCUT2D eigenvalue weighted by Gasteiger charge is 2.50. The number of fused-ring (bicyclic) bond motifs is 2. The van der Waals surface area contributed by atoms with E-state index < -0.39 is 23.2 Å². The molecule has 0 spiro atoms. The highest BCUT2D eigenvalue weighted by molar-refractivity contribution is 6.21. The summed E-state index contributed by atoms with van der Waals surface area (Å²) in [5, 5.41) is 9.91. The molecule has 2 aromatic carbocycles. The maximum atomic E-state index is 12.6. The third-order valence-electron chi connectivity index (χ3n) is 5.07. The molecule has 0 aromatic heterocycles. The minimum atomic E-state index is -1.23. The standard InChI is InChI=1S/C19H15NO4/c21-16-13-6-2-3-7-14(13)17(22)20(16)11-19(18(23)24)10-9-12-5-1-4-8-15(12)19/h1-8H,9-11H2,(H,23,24)/t19-/m0/s1. The van der Waals surface area contributed by atoms with Crippen LogP contribution >= 0.6 is 0 Å². The predicted octanol–water partition coefficient (Wildman–Crippen LogP) is 2.25. The van der Waals surface area contributed by atoms with Gasteiger partial charge in [0, 0.05) is 6.54 Å². The Morgan fingerprint density at radius 1 is 1.00 bits per heavy atom. The van der Waals surface area contributed by atoms with Gasteiger partial charge in [0.25, 0.3) is 11.8 Å². The minimum absolute atomic E-state index is 0.133. The van der Waals surface area contributed by atoms with Gasteiger partial charge >= 0.3 is 5.97 Å². The first-order chi connectivity index (χ1) is 11.5. The molecule has 1 N–H and O–H groups in total. The van der Waals surface area contributed by atoms with Crippen molar-refractivity contribution in [2.45, 2.75) is 18.3 Å². The average molecular weight is 321 g/mol. The second kappa shape index (κ2) is 5.03. The van der Waals surface area contributed by atoms with Gasteiger partial charge < -0.3 is 5.11 Å². The van der Waals surface area contributed by atoms with Gasteiger partial charge in [0.15, 0.2) is 0 Å². The number of carbonyl (C=O) groups is 3. The Hall–Kier alpha value is -2.95. The van der Waals surface area contributed by atoms with Crippen molar-refractivity contribution in [2.75, 3.05) is 6.54 Å². The lowest BCUT2D eigenvalue weighted by atomic mass is 9.81. The highest BCUT2D eigenvalue weighted by atomic mass is 16.4. The number of carbonyl (C=O) groups excluding carboxylic acids is 2. The summed E-state index contributed by atoms with van der Waals surface area (Å²) >= 11 is 0. The second-order valence-corrected chi connectivity index (χ2v) is 6.29. The van der Waals surface area contributed by atoms with Crippen molar-refractivity contribution in [2.24, 2.45) is 0 Å². The first-order valence-electron chi connectivity index (χ1n) is 7.81. The van der Waals surface area contributed by atoms with E-state index in [0.717, 1.165) is 10.5 Å². The lowest BCUT2D eigenvalue weighted by Crippen LogP contribution is -2.47. The molecule has 1 atom stereocenters. The zero-order valence-electron chi connectivity index (χ0n) is 12.9. The summed E-state index contributed by atoms with van der Waals surface area (Å²) in [5.74, 6) is -1.83. The van der Waals surface area contributed by atoms with Gasteiger partial charge in [0.05, 0.1) is 11.1 Å². The van der Waals surface area contributed by atoms with Crippen molar-refractivity contribution in [3.8, 4) is 0 Å². The molecule has 5 nitrogen and oxygen atoms in total. The van der Waals surface area contributed by atoms with E-state index in [9.17, 15) is 19.5 Å². The third-order valence-corrected chi connectivity index (χ3v) is 5.07.